The molecule has 0 unspecified atom stereocenters. The van der Waals surface area contributed by atoms with Crippen LogP contribution in [0, 0.1) is 5.92 Å². The third-order valence-corrected chi connectivity index (χ3v) is 2.64. The number of amides is 1. The van der Waals surface area contributed by atoms with Crippen LogP contribution >= 0.6 is 0 Å². The summed E-state index contributed by atoms with van der Waals surface area (Å²) in [6, 6.07) is -0.744. The van der Waals surface area contributed by atoms with Crippen LogP contribution in [-0.2, 0) is 9.59 Å². The number of nitrogens with zero attached hydrogens (tertiary/aromatic N) is 1. The zero-order valence-corrected chi connectivity index (χ0v) is 9.99. The highest BCUT2D eigenvalue weighted by Crippen LogP contribution is 2.12. The second-order valence-corrected chi connectivity index (χ2v) is 4.12. The maximum absolute atomic E-state index is 11.6. The van der Waals surface area contributed by atoms with Crippen LogP contribution in [0.25, 0.3) is 0 Å². The van der Waals surface area contributed by atoms with Crippen LogP contribution in [0.3, 0.4) is 0 Å². The standard InChI is InChI=1S/C11H21NO3/c1-5-6-8(2)7-10(13)12(4)9(3)11(14)15/h8-9H,5-7H2,1-4H3,(H,14,15)/t8-,9-/m0/s1. The number of carboxylic acids is 1. The van der Waals surface area contributed by atoms with Gasteiger partial charge in [0.2, 0.25) is 5.91 Å². The Balaban J connectivity index is 4.15. The number of hydrogen-bond acceptors (Lipinski definition) is 2. The smallest absolute Gasteiger partial charge is 0.326 e. The fourth-order valence-electron chi connectivity index (χ4n) is 1.42. The summed E-state index contributed by atoms with van der Waals surface area (Å²) in [5.41, 5.74) is 0. The van der Waals surface area contributed by atoms with Gasteiger partial charge in [-0.3, -0.25) is 4.79 Å². The van der Waals surface area contributed by atoms with E-state index in [2.05, 4.69) is 6.92 Å². The minimum Gasteiger partial charge on any atom is -0.480 e. The van der Waals surface area contributed by atoms with Gasteiger partial charge in [-0.05, 0) is 12.8 Å². The van der Waals surface area contributed by atoms with Crippen molar-refractivity contribution in [2.75, 3.05) is 7.05 Å². The summed E-state index contributed by atoms with van der Waals surface area (Å²) in [4.78, 5) is 23.6. The summed E-state index contributed by atoms with van der Waals surface area (Å²) in [5.74, 6) is -0.731. The molecule has 0 aliphatic carbocycles. The SMILES string of the molecule is CCC[C@H](C)CC(=O)N(C)[C@@H](C)C(=O)O. The van der Waals surface area contributed by atoms with Crippen molar-refractivity contribution in [3.63, 3.8) is 0 Å². The Labute approximate surface area is 91.3 Å². The molecule has 2 atom stereocenters. The van der Waals surface area contributed by atoms with Crippen molar-refractivity contribution in [3.8, 4) is 0 Å². The first kappa shape index (κ1) is 13.9. The van der Waals surface area contributed by atoms with Crippen molar-refractivity contribution < 1.29 is 14.7 Å². The molecule has 4 nitrogen and oxygen atoms in total. The zero-order chi connectivity index (χ0) is 12.0. The van der Waals surface area contributed by atoms with Crippen molar-refractivity contribution in [2.45, 2.75) is 46.1 Å². The number of carboxylic acid groups (broad SMARTS) is 1. The molecule has 0 aliphatic heterocycles. The maximum Gasteiger partial charge on any atom is 0.326 e. The lowest BCUT2D eigenvalue weighted by molar-refractivity contribution is -0.148. The number of hydrogen-bond donors (Lipinski definition) is 1. The van der Waals surface area contributed by atoms with Crippen molar-refractivity contribution in [1.29, 1.82) is 0 Å². The molecule has 0 bridgehead atoms. The van der Waals surface area contributed by atoms with E-state index < -0.39 is 12.0 Å². The average Bonchev–Trinajstić information content (AvgIpc) is 2.15. The predicted octanol–water partition coefficient (Wildman–Crippen LogP) is 1.74. The molecule has 0 heterocycles. The Morgan fingerprint density at radius 3 is 2.27 bits per heavy atom. The van der Waals surface area contributed by atoms with Gasteiger partial charge >= 0.3 is 5.97 Å². The topological polar surface area (TPSA) is 57.6 Å². The molecule has 0 aliphatic rings. The van der Waals surface area contributed by atoms with Crippen molar-refractivity contribution in [3.05, 3.63) is 0 Å². The lowest BCUT2D eigenvalue weighted by Crippen LogP contribution is -2.40. The predicted molar refractivity (Wildman–Crippen MR) is 58.6 cm³/mol. The number of rotatable bonds is 6. The summed E-state index contributed by atoms with van der Waals surface area (Å²) < 4.78 is 0. The minimum absolute atomic E-state index is 0.0918. The van der Waals surface area contributed by atoms with Gasteiger partial charge in [0.05, 0.1) is 0 Å². The molecule has 0 aromatic heterocycles. The molecule has 1 N–H and O–H groups in total. The molecule has 0 spiro atoms. The molecular formula is C11H21NO3. The van der Waals surface area contributed by atoms with Gasteiger partial charge in [-0.25, -0.2) is 4.79 Å². The van der Waals surface area contributed by atoms with Crippen LogP contribution in [0.4, 0.5) is 0 Å². The fraction of sp³-hybridized carbons (Fsp3) is 0.818. The van der Waals surface area contributed by atoms with E-state index in [4.69, 9.17) is 5.11 Å². The lowest BCUT2D eigenvalue weighted by Gasteiger charge is -2.23. The maximum atomic E-state index is 11.6. The first-order chi connectivity index (χ1) is 6.90. The fourth-order valence-corrected chi connectivity index (χ4v) is 1.42. The van der Waals surface area contributed by atoms with E-state index in [1.54, 1.807) is 7.05 Å². The minimum atomic E-state index is -0.964. The van der Waals surface area contributed by atoms with Crippen LogP contribution in [0.15, 0.2) is 0 Å². The Kier molecular flexibility index (Phi) is 5.97. The Morgan fingerprint density at radius 2 is 1.87 bits per heavy atom. The highest BCUT2D eigenvalue weighted by atomic mass is 16.4. The summed E-state index contributed by atoms with van der Waals surface area (Å²) in [6.07, 6.45) is 2.48. The van der Waals surface area contributed by atoms with Gasteiger partial charge in [0.1, 0.15) is 6.04 Å². The molecule has 0 fully saturated rings. The summed E-state index contributed by atoms with van der Waals surface area (Å²) in [5, 5.41) is 8.74. The molecule has 0 rings (SSSR count). The second kappa shape index (κ2) is 6.43. The Bertz CT molecular complexity index is 228. The molecule has 4 heteroatoms. The van der Waals surface area contributed by atoms with E-state index in [-0.39, 0.29) is 5.91 Å². The van der Waals surface area contributed by atoms with Crippen molar-refractivity contribution >= 4 is 11.9 Å². The molecule has 15 heavy (non-hydrogen) atoms. The molecule has 0 saturated carbocycles. The second-order valence-electron chi connectivity index (χ2n) is 4.12. The number of carbonyl (C=O) groups is 2. The highest BCUT2D eigenvalue weighted by Gasteiger charge is 2.22. The van der Waals surface area contributed by atoms with E-state index >= 15 is 0 Å². The van der Waals surface area contributed by atoms with E-state index in [9.17, 15) is 9.59 Å². The van der Waals surface area contributed by atoms with Gasteiger partial charge in [0.25, 0.3) is 0 Å². The Morgan fingerprint density at radius 1 is 1.33 bits per heavy atom. The normalized spacial score (nSPS) is 14.4. The number of aliphatic carboxylic acids is 1. The summed E-state index contributed by atoms with van der Waals surface area (Å²) >= 11 is 0. The van der Waals surface area contributed by atoms with E-state index in [0.717, 1.165) is 12.8 Å². The summed E-state index contributed by atoms with van der Waals surface area (Å²) in [7, 11) is 1.54. The van der Waals surface area contributed by atoms with E-state index in [1.165, 1.54) is 11.8 Å². The summed E-state index contributed by atoms with van der Waals surface area (Å²) in [6.45, 7) is 5.61. The monoisotopic (exact) mass is 215 g/mol. The van der Waals surface area contributed by atoms with Gasteiger partial charge in [-0.1, -0.05) is 26.7 Å². The largest absolute Gasteiger partial charge is 0.480 e. The molecule has 88 valence electrons. The third kappa shape index (κ3) is 4.81. The first-order valence-corrected chi connectivity index (χ1v) is 5.38. The van der Waals surface area contributed by atoms with E-state index in [1.807, 2.05) is 6.92 Å². The Hall–Kier alpha value is -1.06. The number of carbonyl (C=O) groups excluding carboxylic acids is 1. The van der Waals surface area contributed by atoms with Gasteiger partial charge < -0.3 is 10.0 Å². The first-order valence-electron chi connectivity index (χ1n) is 5.38. The van der Waals surface area contributed by atoms with Crippen LogP contribution in [-0.4, -0.2) is 35.0 Å². The number of likely N-dealkylation sites (N-methyl/N-ethyl adjacent to an activating group) is 1. The van der Waals surface area contributed by atoms with Crippen LogP contribution < -0.4 is 0 Å². The molecule has 0 saturated heterocycles. The highest BCUT2D eigenvalue weighted by molar-refractivity contribution is 5.83. The lowest BCUT2D eigenvalue weighted by atomic mass is 10.0. The van der Waals surface area contributed by atoms with Gasteiger partial charge in [0.15, 0.2) is 0 Å². The molecule has 0 aromatic rings. The van der Waals surface area contributed by atoms with Crippen molar-refractivity contribution in [2.24, 2.45) is 5.92 Å². The third-order valence-electron chi connectivity index (χ3n) is 2.64. The zero-order valence-electron chi connectivity index (χ0n) is 9.99. The van der Waals surface area contributed by atoms with Crippen molar-refractivity contribution in [1.82, 2.24) is 4.90 Å². The quantitative estimate of drug-likeness (QED) is 0.734. The van der Waals surface area contributed by atoms with E-state index in [0.29, 0.717) is 12.3 Å². The van der Waals surface area contributed by atoms with Gasteiger partial charge in [0, 0.05) is 13.5 Å². The molecular weight excluding hydrogens is 194 g/mol. The molecule has 0 radical (unpaired) electrons. The molecule has 1 amide bonds. The average molecular weight is 215 g/mol. The van der Waals surface area contributed by atoms with Gasteiger partial charge in [-0.15, -0.1) is 0 Å². The van der Waals surface area contributed by atoms with Crippen LogP contribution in [0.1, 0.15) is 40.0 Å². The van der Waals surface area contributed by atoms with Crippen LogP contribution in [0.2, 0.25) is 0 Å². The molecule has 0 aromatic carbocycles. The van der Waals surface area contributed by atoms with Gasteiger partial charge in [-0.2, -0.15) is 0 Å². The van der Waals surface area contributed by atoms with Crippen LogP contribution in [0.5, 0.6) is 0 Å².